The van der Waals surface area contributed by atoms with Gasteiger partial charge in [0.1, 0.15) is 11.5 Å². The lowest BCUT2D eigenvalue weighted by Gasteiger charge is -2.38. The number of nitrogens with zero attached hydrogens (tertiary/aromatic N) is 1. The van der Waals surface area contributed by atoms with Crippen LogP contribution in [-0.2, 0) is 0 Å². The molecule has 0 N–H and O–H groups in total. The Morgan fingerprint density at radius 2 is 1.59 bits per heavy atom. The van der Waals surface area contributed by atoms with Crippen LogP contribution in [0.1, 0.15) is 42.7 Å². The Morgan fingerprint density at radius 3 is 2.27 bits per heavy atom. The Labute approximate surface area is 132 Å². The van der Waals surface area contributed by atoms with Gasteiger partial charge in [-0.2, -0.15) is 0 Å². The number of benzene rings is 2. The molecule has 2 aliphatic rings. The van der Waals surface area contributed by atoms with Crippen LogP contribution >= 0.6 is 0 Å². The topological polar surface area (TPSA) is 12.5 Å². The standard InChI is InChI=1S/C20H23NO/c1-2-12-21-13-11-15-16-7-3-5-9-19(16)22-20-10-6-4-8-17(20)18(15)14-21/h3-10,15,18H,2,11-14H2,1H3. The molecule has 1 saturated heterocycles. The second-order valence-electron chi connectivity index (χ2n) is 6.48. The maximum Gasteiger partial charge on any atom is 0.130 e. The van der Waals surface area contributed by atoms with Gasteiger partial charge >= 0.3 is 0 Å². The van der Waals surface area contributed by atoms with E-state index in [0.29, 0.717) is 11.8 Å². The van der Waals surface area contributed by atoms with Crippen molar-refractivity contribution in [3.8, 4) is 11.5 Å². The molecule has 2 atom stereocenters. The summed E-state index contributed by atoms with van der Waals surface area (Å²) < 4.78 is 6.27. The monoisotopic (exact) mass is 293 g/mol. The van der Waals surface area contributed by atoms with Crippen molar-refractivity contribution < 1.29 is 4.74 Å². The molecule has 0 aromatic heterocycles. The van der Waals surface area contributed by atoms with Gasteiger partial charge in [-0.1, -0.05) is 43.3 Å². The Hall–Kier alpha value is -1.80. The molecule has 2 unspecified atom stereocenters. The summed E-state index contributed by atoms with van der Waals surface area (Å²) in [6.07, 6.45) is 2.45. The summed E-state index contributed by atoms with van der Waals surface area (Å²) in [4.78, 5) is 2.62. The first kappa shape index (κ1) is 13.8. The summed E-state index contributed by atoms with van der Waals surface area (Å²) in [5.41, 5.74) is 2.77. The number of rotatable bonds is 2. The molecule has 2 aromatic rings. The Balaban J connectivity index is 1.80. The fourth-order valence-corrected chi connectivity index (χ4v) is 4.10. The maximum atomic E-state index is 6.27. The van der Waals surface area contributed by atoms with Crippen LogP contribution in [0.5, 0.6) is 11.5 Å². The third-order valence-corrected chi connectivity index (χ3v) is 5.09. The lowest BCUT2D eigenvalue weighted by Crippen LogP contribution is -2.38. The zero-order valence-corrected chi connectivity index (χ0v) is 13.2. The molecule has 2 aromatic carbocycles. The van der Waals surface area contributed by atoms with Gasteiger partial charge in [0.2, 0.25) is 0 Å². The first-order valence-electron chi connectivity index (χ1n) is 8.45. The van der Waals surface area contributed by atoms with Crippen molar-refractivity contribution in [3.63, 3.8) is 0 Å². The molecule has 2 heteroatoms. The van der Waals surface area contributed by atoms with E-state index >= 15 is 0 Å². The summed E-state index contributed by atoms with van der Waals surface area (Å²) in [7, 11) is 0. The number of hydrogen-bond acceptors (Lipinski definition) is 2. The van der Waals surface area contributed by atoms with Crippen molar-refractivity contribution in [1.82, 2.24) is 4.90 Å². The quantitative estimate of drug-likeness (QED) is 0.790. The Morgan fingerprint density at radius 1 is 0.955 bits per heavy atom. The minimum atomic E-state index is 0.542. The molecule has 1 fully saturated rings. The van der Waals surface area contributed by atoms with Gasteiger partial charge in [0, 0.05) is 12.5 Å². The van der Waals surface area contributed by atoms with Gasteiger partial charge < -0.3 is 9.64 Å². The first-order valence-corrected chi connectivity index (χ1v) is 8.45. The molecule has 4 rings (SSSR count). The van der Waals surface area contributed by atoms with Crippen molar-refractivity contribution in [3.05, 3.63) is 59.7 Å². The number of likely N-dealkylation sites (tertiary alicyclic amines) is 1. The lowest BCUT2D eigenvalue weighted by molar-refractivity contribution is 0.190. The first-order chi connectivity index (χ1) is 10.9. The van der Waals surface area contributed by atoms with Crippen molar-refractivity contribution in [1.29, 1.82) is 0 Å². The van der Waals surface area contributed by atoms with Crippen molar-refractivity contribution in [2.75, 3.05) is 19.6 Å². The molecular weight excluding hydrogens is 270 g/mol. The van der Waals surface area contributed by atoms with Crippen molar-refractivity contribution in [2.24, 2.45) is 0 Å². The van der Waals surface area contributed by atoms with E-state index in [9.17, 15) is 0 Å². The highest BCUT2D eigenvalue weighted by Gasteiger charge is 2.36. The average molecular weight is 293 g/mol. The van der Waals surface area contributed by atoms with Gasteiger partial charge in [0.15, 0.2) is 0 Å². The molecule has 0 saturated carbocycles. The summed E-state index contributed by atoms with van der Waals surface area (Å²) in [5.74, 6) is 3.21. The van der Waals surface area contributed by atoms with Crippen LogP contribution in [-0.4, -0.2) is 24.5 Å². The van der Waals surface area contributed by atoms with Gasteiger partial charge in [-0.3, -0.25) is 0 Å². The van der Waals surface area contributed by atoms with E-state index in [2.05, 4.69) is 60.4 Å². The number of piperidine rings is 1. The number of para-hydroxylation sites is 2. The molecule has 0 amide bonds. The van der Waals surface area contributed by atoms with Gasteiger partial charge in [-0.15, -0.1) is 0 Å². The fraction of sp³-hybridized carbons (Fsp3) is 0.400. The largest absolute Gasteiger partial charge is 0.457 e. The van der Waals surface area contributed by atoms with Crippen LogP contribution in [0, 0.1) is 0 Å². The van der Waals surface area contributed by atoms with E-state index in [1.54, 1.807) is 0 Å². The normalized spacial score (nSPS) is 23.7. The summed E-state index contributed by atoms with van der Waals surface area (Å²) in [5, 5.41) is 0. The minimum absolute atomic E-state index is 0.542. The molecule has 0 spiro atoms. The van der Waals surface area contributed by atoms with Crippen molar-refractivity contribution in [2.45, 2.75) is 31.6 Å². The van der Waals surface area contributed by atoms with E-state index in [4.69, 9.17) is 4.74 Å². The molecule has 0 aliphatic carbocycles. The summed E-state index contributed by atoms with van der Waals surface area (Å²) in [6.45, 7) is 5.82. The van der Waals surface area contributed by atoms with Gasteiger partial charge in [0.05, 0.1) is 0 Å². The molecule has 114 valence electrons. The Kier molecular flexibility index (Phi) is 3.63. The van der Waals surface area contributed by atoms with E-state index < -0.39 is 0 Å². The minimum Gasteiger partial charge on any atom is -0.457 e. The lowest BCUT2D eigenvalue weighted by atomic mass is 9.77. The zero-order chi connectivity index (χ0) is 14.9. The highest BCUT2D eigenvalue weighted by atomic mass is 16.5. The predicted octanol–water partition coefficient (Wildman–Crippen LogP) is 4.78. The molecule has 2 nitrogen and oxygen atoms in total. The smallest absolute Gasteiger partial charge is 0.130 e. The van der Waals surface area contributed by atoms with E-state index in [1.807, 2.05) is 0 Å². The van der Waals surface area contributed by atoms with Crippen LogP contribution in [0.3, 0.4) is 0 Å². The van der Waals surface area contributed by atoms with Crippen molar-refractivity contribution >= 4 is 0 Å². The average Bonchev–Trinajstić information content (AvgIpc) is 2.69. The van der Waals surface area contributed by atoms with Gasteiger partial charge in [-0.05, 0) is 55.1 Å². The number of ether oxygens (including phenoxy) is 1. The van der Waals surface area contributed by atoms with E-state index in [0.717, 1.165) is 18.0 Å². The van der Waals surface area contributed by atoms with Gasteiger partial charge in [-0.25, -0.2) is 0 Å². The van der Waals surface area contributed by atoms with Gasteiger partial charge in [0.25, 0.3) is 0 Å². The maximum absolute atomic E-state index is 6.27. The van der Waals surface area contributed by atoms with Crippen LogP contribution in [0.15, 0.2) is 48.5 Å². The molecular formula is C20H23NO. The molecule has 0 radical (unpaired) electrons. The summed E-state index contributed by atoms with van der Waals surface area (Å²) in [6, 6.07) is 17.2. The SMILES string of the molecule is CCCN1CCC2c3ccccc3Oc3ccccc3C2C1. The van der Waals surface area contributed by atoms with Crippen LogP contribution in [0.25, 0.3) is 0 Å². The molecule has 2 aliphatic heterocycles. The van der Waals surface area contributed by atoms with E-state index in [-0.39, 0.29) is 0 Å². The van der Waals surface area contributed by atoms with Crippen LogP contribution in [0.2, 0.25) is 0 Å². The highest BCUT2D eigenvalue weighted by Crippen LogP contribution is 2.49. The predicted molar refractivity (Wildman–Crippen MR) is 89.8 cm³/mol. The third-order valence-electron chi connectivity index (χ3n) is 5.09. The highest BCUT2D eigenvalue weighted by molar-refractivity contribution is 5.49. The Bertz CT molecular complexity index is 666. The molecule has 22 heavy (non-hydrogen) atoms. The van der Waals surface area contributed by atoms with E-state index in [1.165, 1.54) is 37.1 Å². The second-order valence-corrected chi connectivity index (χ2v) is 6.48. The van der Waals surface area contributed by atoms with Crippen LogP contribution in [0.4, 0.5) is 0 Å². The number of fused-ring (bicyclic) bond motifs is 5. The third kappa shape index (κ3) is 2.32. The number of hydrogen-bond donors (Lipinski definition) is 0. The van der Waals surface area contributed by atoms with Crippen LogP contribution < -0.4 is 4.74 Å². The molecule has 2 heterocycles. The molecule has 0 bridgehead atoms. The fourth-order valence-electron chi connectivity index (χ4n) is 4.10. The summed E-state index contributed by atoms with van der Waals surface area (Å²) >= 11 is 0. The zero-order valence-electron chi connectivity index (χ0n) is 13.2. The second kappa shape index (κ2) is 5.77.